The van der Waals surface area contributed by atoms with Gasteiger partial charge in [0.05, 0.1) is 13.1 Å². The molecule has 6 heteroatoms. The molecule has 0 aromatic carbocycles. The number of carbonyl (C=O) groups is 1. The van der Waals surface area contributed by atoms with E-state index in [2.05, 4.69) is 47.3 Å². The Labute approximate surface area is 164 Å². The normalized spacial score (nSPS) is 16.2. The molecule has 1 saturated heterocycles. The second-order valence-electron chi connectivity index (χ2n) is 6.68. The molecule has 1 aliphatic rings. The highest BCUT2D eigenvalue weighted by Gasteiger charge is 2.24. The maximum Gasteiger partial charge on any atom is 0.223 e. The van der Waals surface area contributed by atoms with Gasteiger partial charge in [0.2, 0.25) is 5.91 Å². The number of nitrogens with zero attached hydrogens (tertiary/aromatic N) is 1. The molecule has 0 bridgehead atoms. The molecule has 0 saturated carbocycles. The average Bonchev–Trinajstić information content (AvgIpc) is 3.29. The van der Waals surface area contributed by atoms with E-state index in [1.54, 1.807) is 22.7 Å². The van der Waals surface area contributed by atoms with Crippen molar-refractivity contribution in [3.8, 4) is 0 Å². The minimum atomic E-state index is 0. The molecule has 1 atom stereocenters. The largest absolute Gasteiger partial charge is 0.332 e. The molecule has 0 spiro atoms. The van der Waals surface area contributed by atoms with Crippen molar-refractivity contribution in [3.05, 3.63) is 44.8 Å². The van der Waals surface area contributed by atoms with Crippen molar-refractivity contribution in [2.75, 3.05) is 13.1 Å². The van der Waals surface area contributed by atoms with E-state index in [1.807, 2.05) is 4.90 Å². The Hall–Kier alpha value is -0.880. The molecule has 1 N–H and O–H groups in total. The lowest BCUT2D eigenvalue weighted by atomic mass is 9.84. The Balaban J connectivity index is 0.00000225. The Morgan fingerprint density at radius 2 is 1.72 bits per heavy atom. The molecule has 1 unspecified atom stereocenters. The lowest BCUT2D eigenvalue weighted by Gasteiger charge is -2.30. The van der Waals surface area contributed by atoms with Crippen LogP contribution in [0.4, 0.5) is 0 Å². The third-order valence-electron chi connectivity index (χ3n) is 4.89. The van der Waals surface area contributed by atoms with Crippen LogP contribution >= 0.6 is 35.1 Å². The van der Waals surface area contributed by atoms with Gasteiger partial charge in [0.15, 0.2) is 0 Å². The molecule has 1 fully saturated rings. The van der Waals surface area contributed by atoms with Gasteiger partial charge in [-0.2, -0.15) is 0 Å². The van der Waals surface area contributed by atoms with Crippen LogP contribution in [-0.4, -0.2) is 23.9 Å². The van der Waals surface area contributed by atoms with Gasteiger partial charge in [0, 0.05) is 16.2 Å². The Morgan fingerprint density at radius 3 is 2.20 bits per heavy atom. The van der Waals surface area contributed by atoms with E-state index in [4.69, 9.17) is 0 Å². The van der Waals surface area contributed by atoms with Crippen LogP contribution in [0, 0.1) is 11.8 Å². The maximum atomic E-state index is 13.0. The molecule has 25 heavy (non-hydrogen) atoms. The molecule has 2 aromatic rings. The van der Waals surface area contributed by atoms with Gasteiger partial charge in [-0.15, -0.1) is 35.1 Å². The summed E-state index contributed by atoms with van der Waals surface area (Å²) in [5.74, 6) is 1.44. The zero-order valence-corrected chi connectivity index (χ0v) is 17.1. The summed E-state index contributed by atoms with van der Waals surface area (Å²) in [6, 6.07) is 8.36. The first-order valence-corrected chi connectivity index (χ1v) is 10.5. The van der Waals surface area contributed by atoms with Crippen LogP contribution in [0.3, 0.4) is 0 Å². The molecule has 3 heterocycles. The second kappa shape index (κ2) is 10.3. The fourth-order valence-electron chi connectivity index (χ4n) is 3.40. The molecule has 1 aliphatic heterocycles. The standard InChI is InChI=1S/C19H26N2OS2.ClH/c1-15(16-6-8-20-9-7-16)12-19(22)21(13-17-4-2-10-23-17)14-18-5-3-11-24-18;/h2-5,10-11,15-16,20H,6-9,12-14H2,1H3;1H. The third kappa shape index (κ3) is 6.10. The fraction of sp³-hybridized carbons (Fsp3) is 0.526. The minimum absolute atomic E-state index is 0. The summed E-state index contributed by atoms with van der Waals surface area (Å²) in [5.41, 5.74) is 0. The van der Waals surface area contributed by atoms with E-state index in [9.17, 15) is 4.79 Å². The zero-order chi connectivity index (χ0) is 16.8. The lowest BCUT2D eigenvalue weighted by molar-refractivity contribution is -0.133. The van der Waals surface area contributed by atoms with Crippen molar-refractivity contribution in [1.29, 1.82) is 0 Å². The summed E-state index contributed by atoms with van der Waals surface area (Å²) < 4.78 is 0. The number of carbonyl (C=O) groups excluding carboxylic acids is 1. The quantitative estimate of drug-likeness (QED) is 0.727. The Morgan fingerprint density at radius 1 is 1.16 bits per heavy atom. The monoisotopic (exact) mass is 398 g/mol. The minimum Gasteiger partial charge on any atom is -0.332 e. The molecule has 138 valence electrons. The first-order chi connectivity index (χ1) is 11.7. The van der Waals surface area contributed by atoms with E-state index in [1.165, 1.54) is 22.6 Å². The number of rotatable bonds is 7. The van der Waals surface area contributed by atoms with Crippen molar-refractivity contribution >= 4 is 41.0 Å². The van der Waals surface area contributed by atoms with Crippen molar-refractivity contribution in [2.45, 2.75) is 39.3 Å². The van der Waals surface area contributed by atoms with Crippen LogP contribution in [0.15, 0.2) is 35.0 Å². The summed E-state index contributed by atoms with van der Waals surface area (Å²) in [6.45, 7) is 5.90. The van der Waals surface area contributed by atoms with Gasteiger partial charge in [-0.1, -0.05) is 19.1 Å². The highest BCUT2D eigenvalue weighted by molar-refractivity contribution is 7.10. The van der Waals surface area contributed by atoms with Crippen molar-refractivity contribution < 1.29 is 4.79 Å². The van der Waals surface area contributed by atoms with E-state index in [-0.39, 0.29) is 12.4 Å². The number of halogens is 1. The second-order valence-corrected chi connectivity index (χ2v) is 8.74. The lowest BCUT2D eigenvalue weighted by Crippen LogP contribution is -2.35. The summed E-state index contributed by atoms with van der Waals surface area (Å²) in [6.07, 6.45) is 3.07. The van der Waals surface area contributed by atoms with Gasteiger partial charge in [0.25, 0.3) is 0 Å². The number of hydrogen-bond acceptors (Lipinski definition) is 4. The Kier molecular flexibility index (Phi) is 8.43. The molecule has 0 aliphatic carbocycles. The SMILES string of the molecule is CC(CC(=O)N(Cc1cccs1)Cc1cccs1)C1CCNCC1.Cl. The van der Waals surface area contributed by atoms with Crippen LogP contribution in [0.2, 0.25) is 0 Å². The summed E-state index contributed by atoms with van der Waals surface area (Å²) in [7, 11) is 0. The smallest absolute Gasteiger partial charge is 0.223 e. The molecule has 3 nitrogen and oxygen atoms in total. The zero-order valence-electron chi connectivity index (χ0n) is 14.6. The fourth-order valence-corrected chi connectivity index (χ4v) is 4.84. The van der Waals surface area contributed by atoms with E-state index in [0.29, 0.717) is 24.2 Å². The van der Waals surface area contributed by atoms with Gasteiger partial charge >= 0.3 is 0 Å². The Bertz CT molecular complexity index is 573. The van der Waals surface area contributed by atoms with Gasteiger partial charge in [0.1, 0.15) is 0 Å². The molecule has 2 aromatic heterocycles. The average molecular weight is 399 g/mol. The molecule has 1 amide bonds. The highest BCUT2D eigenvalue weighted by Crippen LogP contribution is 2.26. The highest BCUT2D eigenvalue weighted by atomic mass is 35.5. The van der Waals surface area contributed by atoms with Crippen LogP contribution in [0.25, 0.3) is 0 Å². The molecule has 3 rings (SSSR count). The number of amides is 1. The van der Waals surface area contributed by atoms with Gasteiger partial charge < -0.3 is 10.2 Å². The maximum absolute atomic E-state index is 13.0. The number of nitrogens with one attached hydrogen (secondary N) is 1. The van der Waals surface area contributed by atoms with Crippen LogP contribution in [-0.2, 0) is 17.9 Å². The van der Waals surface area contributed by atoms with Gasteiger partial charge in [-0.25, -0.2) is 0 Å². The molecule has 0 radical (unpaired) electrons. The molecular weight excluding hydrogens is 372 g/mol. The van der Waals surface area contributed by atoms with E-state index < -0.39 is 0 Å². The van der Waals surface area contributed by atoms with Crippen molar-refractivity contribution in [1.82, 2.24) is 10.2 Å². The number of hydrogen-bond donors (Lipinski definition) is 1. The summed E-state index contributed by atoms with van der Waals surface area (Å²) in [5, 5.41) is 7.58. The van der Waals surface area contributed by atoms with Crippen LogP contribution < -0.4 is 5.32 Å². The third-order valence-corrected chi connectivity index (χ3v) is 6.61. The number of piperidine rings is 1. The first kappa shape index (κ1) is 20.4. The number of thiophene rings is 2. The summed E-state index contributed by atoms with van der Waals surface area (Å²) >= 11 is 3.46. The van der Waals surface area contributed by atoms with E-state index >= 15 is 0 Å². The van der Waals surface area contributed by atoms with E-state index in [0.717, 1.165) is 26.2 Å². The van der Waals surface area contributed by atoms with Crippen LogP contribution in [0.1, 0.15) is 35.9 Å². The molecular formula is C19H27ClN2OS2. The predicted octanol–water partition coefficient (Wildman–Crippen LogP) is 4.79. The van der Waals surface area contributed by atoms with Gasteiger partial charge in [-0.05, 0) is 60.7 Å². The topological polar surface area (TPSA) is 32.3 Å². The van der Waals surface area contributed by atoms with Gasteiger partial charge in [-0.3, -0.25) is 4.79 Å². The summed E-state index contributed by atoms with van der Waals surface area (Å²) in [4.78, 5) is 17.5. The predicted molar refractivity (Wildman–Crippen MR) is 110 cm³/mol. The first-order valence-electron chi connectivity index (χ1n) is 8.75. The van der Waals surface area contributed by atoms with Crippen molar-refractivity contribution in [3.63, 3.8) is 0 Å². The van der Waals surface area contributed by atoms with Crippen LogP contribution in [0.5, 0.6) is 0 Å². The van der Waals surface area contributed by atoms with Crippen molar-refractivity contribution in [2.24, 2.45) is 11.8 Å².